The Balaban J connectivity index is 2.44. The van der Waals surface area contributed by atoms with Gasteiger partial charge < -0.3 is 10.3 Å². The molecule has 7 heteroatoms. The molecule has 1 aromatic heterocycles. The van der Waals surface area contributed by atoms with Crippen molar-refractivity contribution in [2.45, 2.75) is 32.2 Å². The Labute approximate surface area is 113 Å². The average molecular weight is 285 g/mol. The van der Waals surface area contributed by atoms with Gasteiger partial charge >= 0.3 is 0 Å². The van der Waals surface area contributed by atoms with Gasteiger partial charge in [-0.2, -0.15) is 4.98 Å². The molecule has 20 heavy (non-hydrogen) atoms. The molecule has 108 valence electrons. The summed E-state index contributed by atoms with van der Waals surface area (Å²) in [6.45, 7) is 3.74. The van der Waals surface area contributed by atoms with Crippen molar-refractivity contribution in [3.8, 4) is 11.5 Å². The predicted molar refractivity (Wildman–Crippen MR) is 66.1 cm³/mol. The molecular formula is C13H14F3N3O. The van der Waals surface area contributed by atoms with E-state index in [-0.39, 0.29) is 17.3 Å². The van der Waals surface area contributed by atoms with Crippen LogP contribution in [0.15, 0.2) is 16.7 Å². The van der Waals surface area contributed by atoms with E-state index < -0.39 is 23.0 Å². The van der Waals surface area contributed by atoms with Gasteiger partial charge in [0.15, 0.2) is 23.3 Å². The second-order valence-corrected chi connectivity index (χ2v) is 4.54. The van der Waals surface area contributed by atoms with E-state index in [0.717, 1.165) is 12.1 Å². The lowest BCUT2D eigenvalue weighted by molar-refractivity contribution is 0.350. The van der Waals surface area contributed by atoms with E-state index in [1.54, 1.807) is 0 Å². The largest absolute Gasteiger partial charge is 0.334 e. The summed E-state index contributed by atoms with van der Waals surface area (Å²) in [5, 5.41) is 3.74. The highest BCUT2D eigenvalue weighted by atomic mass is 19.2. The third kappa shape index (κ3) is 2.40. The van der Waals surface area contributed by atoms with E-state index in [9.17, 15) is 13.2 Å². The molecule has 2 rings (SSSR count). The fourth-order valence-electron chi connectivity index (χ4n) is 1.79. The Kier molecular flexibility index (Phi) is 3.80. The van der Waals surface area contributed by atoms with Crippen LogP contribution in [-0.2, 0) is 5.54 Å². The zero-order chi connectivity index (χ0) is 14.9. The summed E-state index contributed by atoms with van der Waals surface area (Å²) in [4.78, 5) is 4.05. The van der Waals surface area contributed by atoms with Crippen LogP contribution >= 0.6 is 0 Å². The molecule has 0 fully saturated rings. The summed E-state index contributed by atoms with van der Waals surface area (Å²) < 4.78 is 44.2. The molecule has 0 saturated heterocycles. The van der Waals surface area contributed by atoms with Crippen molar-refractivity contribution in [2.24, 2.45) is 5.73 Å². The highest BCUT2D eigenvalue weighted by Gasteiger charge is 2.29. The minimum absolute atomic E-state index is 0.0327. The summed E-state index contributed by atoms with van der Waals surface area (Å²) in [5.41, 5.74) is 5.30. The molecule has 0 radical (unpaired) electrons. The predicted octanol–water partition coefficient (Wildman–Crippen LogP) is 3.13. The van der Waals surface area contributed by atoms with Crippen LogP contribution in [0.5, 0.6) is 0 Å². The number of nitrogens with zero attached hydrogens (tertiary/aromatic N) is 2. The molecule has 0 unspecified atom stereocenters. The first-order chi connectivity index (χ1) is 9.41. The Morgan fingerprint density at radius 3 is 2.20 bits per heavy atom. The number of halogens is 3. The molecule has 0 bridgehead atoms. The second kappa shape index (κ2) is 5.24. The molecule has 2 aromatic rings. The highest BCUT2D eigenvalue weighted by Crippen LogP contribution is 2.27. The molecule has 2 N–H and O–H groups in total. The van der Waals surface area contributed by atoms with E-state index in [4.69, 9.17) is 10.3 Å². The van der Waals surface area contributed by atoms with E-state index in [1.807, 2.05) is 13.8 Å². The third-order valence-corrected chi connectivity index (χ3v) is 3.36. The summed E-state index contributed by atoms with van der Waals surface area (Å²) >= 11 is 0. The van der Waals surface area contributed by atoms with Gasteiger partial charge in [0.05, 0.1) is 5.54 Å². The maximum absolute atomic E-state index is 13.2. The van der Waals surface area contributed by atoms with Crippen LogP contribution in [0.4, 0.5) is 13.2 Å². The van der Waals surface area contributed by atoms with Gasteiger partial charge in [-0.15, -0.1) is 0 Å². The van der Waals surface area contributed by atoms with E-state index >= 15 is 0 Å². The standard InChI is InChI=1S/C13H14F3N3O/c1-3-13(17,4-2)12-18-11(20-19-12)7-5-8(14)10(16)9(15)6-7/h5-6H,3-4,17H2,1-2H3. The minimum atomic E-state index is -1.54. The number of benzene rings is 1. The van der Waals surface area contributed by atoms with E-state index in [1.165, 1.54) is 0 Å². The van der Waals surface area contributed by atoms with Crippen molar-refractivity contribution < 1.29 is 17.7 Å². The van der Waals surface area contributed by atoms with E-state index in [0.29, 0.717) is 12.8 Å². The normalized spacial score (nSPS) is 11.9. The monoisotopic (exact) mass is 285 g/mol. The fourth-order valence-corrected chi connectivity index (χ4v) is 1.79. The zero-order valence-corrected chi connectivity index (χ0v) is 11.1. The zero-order valence-electron chi connectivity index (χ0n) is 11.1. The van der Waals surface area contributed by atoms with Gasteiger partial charge in [0, 0.05) is 5.56 Å². The van der Waals surface area contributed by atoms with Crippen molar-refractivity contribution in [3.63, 3.8) is 0 Å². The topological polar surface area (TPSA) is 64.9 Å². The van der Waals surface area contributed by atoms with Gasteiger partial charge in [0.2, 0.25) is 0 Å². The van der Waals surface area contributed by atoms with Crippen molar-refractivity contribution in [1.29, 1.82) is 0 Å². The number of hydrogen-bond acceptors (Lipinski definition) is 4. The summed E-state index contributed by atoms with van der Waals surface area (Å²) in [6.07, 6.45) is 1.16. The number of rotatable bonds is 4. The summed E-state index contributed by atoms with van der Waals surface area (Å²) in [6, 6.07) is 1.59. The highest BCUT2D eigenvalue weighted by molar-refractivity contribution is 5.53. The first kappa shape index (κ1) is 14.5. The summed E-state index contributed by atoms with van der Waals surface area (Å²) in [5.74, 6) is -4.02. The summed E-state index contributed by atoms with van der Waals surface area (Å²) in [7, 11) is 0. The molecule has 0 atom stereocenters. The molecular weight excluding hydrogens is 271 g/mol. The number of nitrogens with two attached hydrogens (primary N) is 1. The van der Waals surface area contributed by atoms with Crippen molar-refractivity contribution in [1.82, 2.24) is 10.1 Å². The van der Waals surface area contributed by atoms with Crippen LogP contribution in [0.1, 0.15) is 32.5 Å². The first-order valence-electron chi connectivity index (χ1n) is 6.19. The lowest BCUT2D eigenvalue weighted by atomic mass is 9.93. The molecule has 0 spiro atoms. The average Bonchev–Trinajstić information content (AvgIpc) is 2.93. The number of hydrogen-bond donors (Lipinski definition) is 1. The van der Waals surface area contributed by atoms with Gasteiger partial charge in [-0.1, -0.05) is 19.0 Å². The molecule has 1 heterocycles. The van der Waals surface area contributed by atoms with Crippen LogP contribution in [0.3, 0.4) is 0 Å². The molecule has 0 amide bonds. The lowest BCUT2D eigenvalue weighted by Gasteiger charge is -2.21. The van der Waals surface area contributed by atoms with Gasteiger partial charge in [-0.25, -0.2) is 13.2 Å². The smallest absolute Gasteiger partial charge is 0.258 e. The minimum Gasteiger partial charge on any atom is -0.334 e. The van der Waals surface area contributed by atoms with Crippen LogP contribution in [0, 0.1) is 17.5 Å². The van der Waals surface area contributed by atoms with Gasteiger partial charge in [0.25, 0.3) is 5.89 Å². The van der Waals surface area contributed by atoms with Crippen molar-refractivity contribution in [3.05, 3.63) is 35.4 Å². The molecule has 0 aliphatic rings. The van der Waals surface area contributed by atoms with Gasteiger partial charge in [0.1, 0.15) is 0 Å². The Morgan fingerprint density at radius 2 is 1.70 bits per heavy atom. The van der Waals surface area contributed by atoms with E-state index in [2.05, 4.69) is 10.1 Å². The van der Waals surface area contributed by atoms with Crippen LogP contribution in [0.25, 0.3) is 11.5 Å². The quantitative estimate of drug-likeness (QED) is 0.876. The number of aromatic nitrogens is 2. The molecule has 0 aliphatic carbocycles. The maximum atomic E-state index is 13.2. The molecule has 4 nitrogen and oxygen atoms in total. The van der Waals surface area contributed by atoms with Crippen LogP contribution in [0.2, 0.25) is 0 Å². The second-order valence-electron chi connectivity index (χ2n) is 4.54. The van der Waals surface area contributed by atoms with Crippen LogP contribution in [-0.4, -0.2) is 10.1 Å². The maximum Gasteiger partial charge on any atom is 0.258 e. The fraction of sp³-hybridized carbons (Fsp3) is 0.385. The Bertz CT molecular complexity index is 600. The Hall–Kier alpha value is -1.89. The van der Waals surface area contributed by atoms with Crippen molar-refractivity contribution >= 4 is 0 Å². The van der Waals surface area contributed by atoms with Gasteiger partial charge in [-0.3, -0.25) is 0 Å². The molecule has 0 saturated carbocycles. The lowest BCUT2D eigenvalue weighted by Crippen LogP contribution is -2.36. The van der Waals surface area contributed by atoms with Crippen molar-refractivity contribution in [2.75, 3.05) is 0 Å². The SMILES string of the molecule is CCC(N)(CC)c1noc(-c2cc(F)c(F)c(F)c2)n1. The first-order valence-corrected chi connectivity index (χ1v) is 6.19. The molecule has 1 aromatic carbocycles. The van der Waals surface area contributed by atoms with Gasteiger partial charge in [-0.05, 0) is 25.0 Å². The Morgan fingerprint density at radius 1 is 1.15 bits per heavy atom. The molecule has 0 aliphatic heterocycles. The third-order valence-electron chi connectivity index (χ3n) is 3.36. The van der Waals surface area contributed by atoms with Crippen LogP contribution < -0.4 is 5.73 Å².